The van der Waals surface area contributed by atoms with Crippen molar-refractivity contribution in [2.75, 3.05) is 6.61 Å². The van der Waals surface area contributed by atoms with E-state index in [4.69, 9.17) is 0 Å². The summed E-state index contributed by atoms with van der Waals surface area (Å²) in [6.07, 6.45) is 3.89. The van der Waals surface area contributed by atoms with E-state index in [1.165, 1.54) is 6.08 Å². The molecule has 0 saturated carbocycles. The maximum atomic E-state index is 10.7. The molecule has 0 bridgehead atoms. The van der Waals surface area contributed by atoms with Crippen LogP contribution < -0.4 is 0 Å². The largest absolute Gasteiger partial charge is 0.462 e. The van der Waals surface area contributed by atoms with Crippen LogP contribution in [0.2, 0.25) is 0 Å². The van der Waals surface area contributed by atoms with Crippen molar-refractivity contribution in [2.45, 2.75) is 20.3 Å². The number of carbonyl (C=O) groups excluding carboxylic acids is 1. The molecule has 0 aromatic heterocycles. The van der Waals surface area contributed by atoms with Gasteiger partial charge in [0, 0.05) is 0 Å². The van der Waals surface area contributed by atoms with E-state index in [9.17, 15) is 4.79 Å². The molecule has 2 nitrogen and oxygen atoms in total. The zero-order valence-electron chi connectivity index (χ0n) is 7.39. The van der Waals surface area contributed by atoms with Gasteiger partial charge >= 0.3 is 5.97 Å². The summed E-state index contributed by atoms with van der Waals surface area (Å²) >= 11 is 0. The van der Waals surface area contributed by atoms with Crippen molar-refractivity contribution in [1.82, 2.24) is 0 Å². The fourth-order valence-electron chi connectivity index (χ4n) is 0.474. The maximum absolute atomic E-state index is 10.7. The van der Waals surface area contributed by atoms with Gasteiger partial charge in [0.05, 0.1) is 12.7 Å². The van der Waals surface area contributed by atoms with Crippen molar-refractivity contribution >= 4 is 5.97 Å². The Morgan fingerprint density at radius 1 is 1.42 bits per heavy atom. The molecule has 0 spiro atoms. The first-order valence-corrected chi connectivity index (χ1v) is 3.89. The molecule has 0 heterocycles. The smallest absolute Gasteiger partial charge is 0.339 e. The van der Waals surface area contributed by atoms with Gasteiger partial charge in [0.25, 0.3) is 0 Å². The first-order valence-electron chi connectivity index (χ1n) is 3.89. The van der Waals surface area contributed by atoms with Crippen molar-refractivity contribution in [3.05, 3.63) is 29.3 Å². The van der Waals surface area contributed by atoms with Crippen molar-refractivity contribution < 1.29 is 9.53 Å². The van der Waals surface area contributed by atoms with Crippen molar-refractivity contribution in [3.63, 3.8) is 0 Å². The molecule has 0 fully saturated rings. The van der Waals surface area contributed by atoms with Gasteiger partial charge in [0.15, 0.2) is 0 Å². The minimum atomic E-state index is -0.400. The van der Waals surface area contributed by atoms with Crippen molar-refractivity contribution in [3.8, 4) is 0 Å². The Hall–Kier alpha value is -1.45. The summed E-state index contributed by atoms with van der Waals surface area (Å²) in [6, 6.07) is 0. The van der Waals surface area contributed by atoms with Crippen LogP contribution in [0.4, 0.5) is 0 Å². The summed E-state index contributed by atoms with van der Waals surface area (Å²) in [4.78, 5) is 10.7. The number of esters is 1. The van der Waals surface area contributed by atoms with Gasteiger partial charge in [-0.1, -0.05) is 18.4 Å². The molecule has 0 saturated heterocycles. The Morgan fingerprint density at radius 3 is 2.75 bits per heavy atom. The molecule has 0 aliphatic carbocycles. The number of carbonyl (C=O) groups is 1. The van der Waals surface area contributed by atoms with Crippen LogP contribution in [-0.2, 0) is 9.53 Å². The van der Waals surface area contributed by atoms with Crippen LogP contribution in [0.1, 0.15) is 20.3 Å². The molecule has 0 aliphatic rings. The molecule has 12 heavy (non-hydrogen) atoms. The topological polar surface area (TPSA) is 26.3 Å². The minimum Gasteiger partial charge on any atom is -0.462 e. The number of hydrogen-bond acceptors (Lipinski definition) is 2. The minimum absolute atomic E-state index is 0.380. The summed E-state index contributed by atoms with van der Waals surface area (Å²) in [7, 11) is 0. The fraction of sp³-hybridized carbons (Fsp3) is 0.400. The molecular formula is C10H12O2. The predicted molar refractivity (Wildman–Crippen MR) is 46.6 cm³/mol. The molecule has 64 valence electrons. The molecular weight excluding hydrogens is 152 g/mol. The van der Waals surface area contributed by atoms with Crippen LogP contribution in [0.25, 0.3) is 0 Å². The summed E-state index contributed by atoms with van der Waals surface area (Å²) in [5.74, 6) is -0.400. The van der Waals surface area contributed by atoms with Gasteiger partial charge in [0.2, 0.25) is 0 Å². The average Bonchev–Trinajstić information content (AvgIpc) is 2.05. The van der Waals surface area contributed by atoms with Gasteiger partial charge < -0.3 is 4.74 Å². The molecule has 0 amide bonds. The molecule has 2 heteroatoms. The second kappa shape index (κ2) is 7.65. The lowest BCUT2D eigenvalue weighted by atomic mass is 10.5. The third-order valence-electron chi connectivity index (χ3n) is 0.927. The molecule has 0 N–H and O–H groups in total. The van der Waals surface area contributed by atoms with E-state index in [1.54, 1.807) is 13.0 Å². The highest BCUT2D eigenvalue weighted by Gasteiger charge is 1.89. The Balaban J connectivity index is 4.14. The Kier molecular flexibility index (Phi) is 6.73. The van der Waals surface area contributed by atoms with Gasteiger partial charge in [0.1, 0.15) is 0 Å². The summed E-state index contributed by atoms with van der Waals surface area (Å²) in [6.45, 7) is 4.12. The van der Waals surface area contributed by atoms with E-state index in [0.717, 1.165) is 6.42 Å². The molecule has 0 atom stereocenters. The van der Waals surface area contributed by atoms with E-state index in [1.807, 2.05) is 6.92 Å². The SMILES string of the molecule is CCC=C=C=C=CC(=O)OCC. The lowest BCUT2D eigenvalue weighted by Crippen LogP contribution is -1.97. The molecule has 0 unspecified atom stereocenters. The van der Waals surface area contributed by atoms with Crippen LogP contribution in [0.3, 0.4) is 0 Å². The van der Waals surface area contributed by atoms with E-state index in [-0.39, 0.29) is 0 Å². The van der Waals surface area contributed by atoms with Crippen molar-refractivity contribution in [2.24, 2.45) is 0 Å². The van der Waals surface area contributed by atoms with E-state index in [0.29, 0.717) is 6.61 Å². The number of rotatable bonds is 3. The third-order valence-corrected chi connectivity index (χ3v) is 0.927. The zero-order valence-corrected chi connectivity index (χ0v) is 7.39. The van der Waals surface area contributed by atoms with Crippen LogP contribution >= 0.6 is 0 Å². The summed E-state index contributed by atoms with van der Waals surface area (Å²) in [5.41, 5.74) is 7.78. The van der Waals surface area contributed by atoms with Gasteiger partial charge in [-0.2, -0.15) is 0 Å². The number of allylic oxidation sites excluding steroid dienone is 1. The number of ether oxygens (including phenoxy) is 1. The van der Waals surface area contributed by atoms with Crippen LogP contribution in [0.15, 0.2) is 29.3 Å². The second-order valence-electron chi connectivity index (χ2n) is 1.92. The van der Waals surface area contributed by atoms with Crippen LogP contribution in [0.5, 0.6) is 0 Å². The molecule has 0 radical (unpaired) electrons. The predicted octanol–water partition coefficient (Wildman–Crippen LogP) is 1.98. The molecule has 0 aromatic carbocycles. The maximum Gasteiger partial charge on any atom is 0.339 e. The monoisotopic (exact) mass is 164 g/mol. The number of hydrogen-bond donors (Lipinski definition) is 0. The molecule has 0 aromatic rings. The van der Waals surface area contributed by atoms with E-state index in [2.05, 4.69) is 21.9 Å². The second-order valence-corrected chi connectivity index (χ2v) is 1.92. The van der Waals surface area contributed by atoms with Gasteiger partial charge in [-0.15, -0.1) is 0 Å². The van der Waals surface area contributed by atoms with Gasteiger partial charge in [-0.3, -0.25) is 0 Å². The van der Waals surface area contributed by atoms with Gasteiger partial charge in [-0.25, -0.2) is 4.79 Å². The normalized spacial score (nSPS) is 7.17. The first-order chi connectivity index (χ1) is 5.81. The lowest BCUT2D eigenvalue weighted by Gasteiger charge is -1.90. The quantitative estimate of drug-likeness (QED) is 0.362. The Morgan fingerprint density at radius 2 is 2.17 bits per heavy atom. The van der Waals surface area contributed by atoms with E-state index >= 15 is 0 Å². The Labute approximate surface area is 72.5 Å². The molecule has 0 aliphatic heterocycles. The standard InChI is InChI=1S/C10H12O2/c1-3-5-6-7-8-9-10(11)12-4-2/h5,9H,3-4H2,1-2H3. The molecule has 0 rings (SSSR count). The lowest BCUT2D eigenvalue weighted by molar-refractivity contribution is -0.137. The first kappa shape index (κ1) is 10.6. The van der Waals surface area contributed by atoms with Crippen LogP contribution in [0, 0.1) is 0 Å². The average molecular weight is 164 g/mol. The van der Waals surface area contributed by atoms with Gasteiger partial charge in [-0.05, 0) is 25.2 Å². The highest BCUT2D eigenvalue weighted by atomic mass is 16.5. The zero-order chi connectivity index (χ0) is 9.23. The third kappa shape index (κ3) is 6.67. The highest BCUT2D eigenvalue weighted by molar-refractivity contribution is 5.81. The summed E-state index contributed by atoms with van der Waals surface area (Å²) < 4.78 is 4.61. The van der Waals surface area contributed by atoms with Crippen molar-refractivity contribution in [1.29, 1.82) is 0 Å². The summed E-state index contributed by atoms with van der Waals surface area (Å²) in [5, 5.41) is 0. The van der Waals surface area contributed by atoms with E-state index < -0.39 is 5.97 Å². The highest BCUT2D eigenvalue weighted by Crippen LogP contribution is 1.77. The Bertz CT molecular complexity index is 258. The fourth-order valence-corrected chi connectivity index (χ4v) is 0.474. The van der Waals surface area contributed by atoms with Crippen LogP contribution in [-0.4, -0.2) is 12.6 Å².